The lowest BCUT2D eigenvalue weighted by Crippen LogP contribution is -2.09. The van der Waals surface area contributed by atoms with Gasteiger partial charge < -0.3 is 4.57 Å². The minimum atomic E-state index is -0.801. The number of aromatic nitrogens is 2. The van der Waals surface area contributed by atoms with Gasteiger partial charge in [-0.3, -0.25) is 4.21 Å². The van der Waals surface area contributed by atoms with Gasteiger partial charge in [-0.05, 0) is 12.0 Å². The Bertz CT molecular complexity index is 522. The van der Waals surface area contributed by atoms with Crippen LogP contribution in [0, 0.1) is 0 Å². The molecule has 1 aromatic carbocycles. The molecule has 2 rings (SSSR count). The minimum Gasteiger partial charge on any atom is -0.330 e. The van der Waals surface area contributed by atoms with Crippen LogP contribution in [0.2, 0.25) is 0 Å². The summed E-state index contributed by atoms with van der Waals surface area (Å²) in [6, 6.07) is 10.3. The van der Waals surface area contributed by atoms with Crippen molar-refractivity contribution in [1.82, 2.24) is 9.55 Å². The Morgan fingerprint density at radius 1 is 1.26 bits per heavy atom. The normalized spacial score (nSPS) is 12.5. The van der Waals surface area contributed by atoms with Crippen LogP contribution in [0.4, 0.5) is 0 Å². The van der Waals surface area contributed by atoms with Crippen molar-refractivity contribution in [2.75, 3.05) is 5.75 Å². The van der Waals surface area contributed by atoms with Crippen LogP contribution in [-0.4, -0.2) is 19.5 Å². The molecule has 1 heterocycles. The van der Waals surface area contributed by atoms with Crippen molar-refractivity contribution >= 4 is 10.8 Å². The van der Waals surface area contributed by atoms with Gasteiger partial charge in [0.25, 0.3) is 0 Å². The summed E-state index contributed by atoms with van der Waals surface area (Å²) in [5.41, 5.74) is 1.24. The monoisotopic (exact) mass is 276 g/mol. The second kappa shape index (κ2) is 7.24. The Balaban J connectivity index is 2.00. The largest absolute Gasteiger partial charge is 0.330 e. The summed E-state index contributed by atoms with van der Waals surface area (Å²) in [6.07, 6.45) is 5.85. The van der Waals surface area contributed by atoms with Crippen LogP contribution < -0.4 is 0 Å². The van der Waals surface area contributed by atoms with Crippen molar-refractivity contribution in [3.8, 4) is 0 Å². The first kappa shape index (κ1) is 14.0. The highest BCUT2D eigenvalue weighted by Gasteiger charge is 2.07. The summed E-state index contributed by atoms with van der Waals surface area (Å²) in [7, 11) is -0.801. The molecular weight excluding hydrogens is 256 g/mol. The van der Waals surface area contributed by atoms with E-state index in [1.807, 2.05) is 24.4 Å². The molecule has 19 heavy (non-hydrogen) atoms. The second-order valence-electron chi connectivity index (χ2n) is 4.60. The Labute approximate surface area is 117 Å². The summed E-state index contributed by atoms with van der Waals surface area (Å²) in [5, 5.41) is 0. The third kappa shape index (κ3) is 4.31. The van der Waals surface area contributed by atoms with E-state index in [1.165, 1.54) is 5.56 Å². The third-order valence-corrected chi connectivity index (χ3v) is 4.34. The van der Waals surface area contributed by atoms with Crippen LogP contribution in [0.3, 0.4) is 0 Å². The van der Waals surface area contributed by atoms with Gasteiger partial charge >= 0.3 is 0 Å². The fourth-order valence-corrected chi connectivity index (χ4v) is 3.21. The summed E-state index contributed by atoms with van der Waals surface area (Å²) < 4.78 is 14.0. The molecule has 0 N–H and O–H groups in total. The molecule has 0 saturated heterocycles. The van der Waals surface area contributed by atoms with E-state index in [4.69, 9.17) is 0 Å². The Kier molecular flexibility index (Phi) is 5.33. The Hall–Kier alpha value is -1.42. The Morgan fingerprint density at radius 2 is 2.05 bits per heavy atom. The molecule has 0 unspecified atom stereocenters. The first-order chi connectivity index (χ1) is 9.29. The van der Waals surface area contributed by atoms with Crippen molar-refractivity contribution in [1.29, 1.82) is 0 Å². The average molecular weight is 276 g/mol. The first-order valence-corrected chi connectivity index (χ1v) is 8.17. The van der Waals surface area contributed by atoms with Gasteiger partial charge in [-0.1, -0.05) is 43.7 Å². The number of imidazole rings is 1. The predicted molar refractivity (Wildman–Crippen MR) is 79.4 cm³/mol. The second-order valence-corrected chi connectivity index (χ2v) is 6.18. The molecule has 3 nitrogen and oxygen atoms in total. The highest BCUT2D eigenvalue weighted by atomic mass is 32.2. The predicted octanol–water partition coefficient (Wildman–Crippen LogP) is 2.98. The van der Waals surface area contributed by atoms with E-state index in [0.29, 0.717) is 5.75 Å². The average Bonchev–Trinajstić information content (AvgIpc) is 2.85. The summed E-state index contributed by atoms with van der Waals surface area (Å²) in [6.45, 7) is 2.91. The molecule has 102 valence electrons. The fraction of sp³-hybridized carbons (Fsp3) is 0.400. The van der Waals surface area contributed by atoms with E-state index in [2.05, 4.69) is 28.6 Å². The highest BCUT2D eigenvalue weighted by Crippen LogP contribution is 2.08. The van der Waals surface area contributed by atoms with Crippen LogP contribution in [0.15, 0.2) is 42.7 Å². The molecule has 1 aromatic heterocycles. The van der Waals surface area contributed by atoms with Gasteiger partial charge in [-0.15, -0.1) is 0 Å². The van der Waals surface area contributed by atoms with E-state index < -0.39 is 10.8 Å². The smallest absolute Gasteiger partial charge is 0.121 e. The van der Waals surface area contributed by atoms with Gasteiger partial charge in [0.05, 0.1) is 5.75 Å². The maximum Gasteiger partial charge on any atom is 0.121 e. The summed E-state index contributed by atoms with van der Waals surface area (Å²) in [5.74, 6) is 2.24. The van der Waals surface area contributed by atoms with Crippen LogP contribution in [0.5, 0.6) is 0 Å². The quantitative estimate of drug-likeness (QED) is 0.779. The first-order valence-electron chi connectivity index (χ1n) is 6.68. The lowest BCUT2D eigenvalue weighted by molar-refractivity contribution is 0.673. The van der Waals surface area contributed by atoms with E-state index in [-0.39, 0.29) is 0 Å². The lowest BCUT2D eigenvalue weighted by atomic mass is 10.2. The SMILES string of the molecule is CCCC[S@](=O)Cc1nccn1Cc1ccccc1. The molecule has 2 aromatic rings. The number of benzene rings is 1. The standard InChI is InChI=1S/C15H20N2OS/c1-2-3-11-19(18)13-15-16-9-10-17(15)12-14-7-5-4-6-8-14/h4-10H,2-3,11-13H2,1H3/t19-/m0/s1. The van der Waals surface area contributed by atoms with Crippen molar-refractivity contribution < 1.29 is 4.21 Å². The van der Waals surface area contributed by atoms with Crippen LogP contribution in [0.1, 0.15) is 31.2 Å². The van der Waals surface area contributed by atoms with Crippen molar-refractivity contribution in [3.05, 3.63) is 54.1 Å². The number of hydrogen-bond donors (Lipinski definition) is 0. The maximum absolute atomic E-state index is 11.9. The number of unbranched alkanes of at least 4 members (excludes halogenated alkanes) is 1. The van der Waals surface area contributed by atoms with Crippen molar-refractivity contribution in [2.24, 2.45) is 0 Å². The van der Waals surface area contributed by atoms with Gasteiger partial charge in [0.15, 0.2) is 0 Å². The van der Waals surface area contributed by atoms with Crippen molar-refractivity contribution in [3.63, 3.8) is 0 Å². The molecular formula is C15H20N2OS. The van der Waals surface area contributed by atoms with Gasteiger partial charge in [-0.25, -0.2) is 4.98 Å². The van der Waals surface area contributed by atoms with Crippen molar-refractivity contribution in [2.45, 2.75) is 32.1 Å². The fourth-order valence-electron chi connectivity index (χ4n) is 1.93. The van der Waals surface area contributed by atoms with Gasteiger partial charge in [0.2, 0.25) is 0 Å². The highest BCUT2D eigenvalue weighted by molar-refractivity contribution is 7.84. The van der Waals surface area contributed by atoms with Crippen LogP contribution >= 0.6 is 0 Å². The van der Waals surface area contributed by atoms with E-state index in [9.17, 15) is 4.21 Å². The molecule has 0 bridgehead atoms. The zero-order chi connectivity index (χ0) is 13.5. The zero-order valence-corrected chi connectivity index (χ0v) is 12.1. The third-order valence-electron chi connectivity index (χ3n) is 3.01. The van der Waals surface area contributed by atoms with E-state index >= 15 is 0 Å². The molecule has 0 amide bonds. The molecule has 0 fully saturated rings. The number of hydrogen-bond acceptors (Lipinski definition) is 2. The molecule has 0 radical (unpaired) electrons. The maximum atomic E-state index is 11.9. The minimum absolute atomic E-state index is 0.555. The molecule has 0 saturated carbocycles. The number of rotatable bonds is 7. The molecule has 0 aliphatic carbocycles. The zero-order valence-electron chi connectivity index (χ0n) is 11.3. The van der Waals surface area contributed by atoms with E-state index in [0.717, 1.165) is 31.0 Å². The molecule has 1 atom stereocenters. The van der Waals surface area contributed by atoms with Crippen LogP contribution in [0.25, 0.3) is 0 Å². The molecule has 4 heteroatoms. The van der Waals surface area contributed by atoms with Crippen LogP contribution in [-0.2, 0) is 23.1 Å². The molecule has 0 aliphatic heterocycles. The lowest BCUT2D eigenvalue weighted by Gasteiger charge is -2.08. The summed E-state index contributed by atoms with van der Waals surface area (Å²) >= 11 is 0. The molecule has 0 spiro atoms. The van der Waals surface area contributed by atoms with E-state index in [1.54, 1.807) is 6.20 Å². The van der Waals surface area contributed by atoms with Gasteiger partial charge in [0.1, 0.15) is 5.82 Å². The molecule has 0 aliphatic rings. The topological polar surface area (TPSA) is 34.9 Å². The number of nitrogens with zero attached hydrogens (tertiary/aromatic N) is 2. The van der Waals surface area contributed by atoms with Gasteiger partial charge in [-0.2, -0.15) is 0 Å². The summed E-state index contributed by atoms with van der Waals surface area (Å²) in [4.78, 5) is 4.33. The Morgan fingerprint density at radius 3 is 2.79 bits per heavy atom. The van der Waals surface area contributed by atoms with Gasteiger partial charge in [0, 0.05) is 35.5 Å².